The number of benzene rings is 2. The summed E-state index contributed by atoms with van der Waals surface area (Å²) in [5, 5.41) is 13.8. The molecule has 0 radical (unpaired) electrons. The Labute approximate surface area is 139 Å². The summed E-state index contributed by atoms with van der Waals surface area (Å²) in [4.78, 5) is 15.8. The van der Waals surface area contributed by atoms with Crippen LogP contribution >= 0.6 is 0 Å². The van der Waals surface area contributed by atoms with E-state index in [1.165, 1.54) is 13.0 Å². The average Bonchev–Trinajstić information content (AvgIpc) is 2.57. The van der Waals surface area contributed by atoms with E-state index in [4.69, 9.17) is 4.74 Å². The highest BCUT2D eigenvalue weighted by molar-refractivity contribution is 5.90. The molecule has 5 heteroatoms. The molecule has 0 saturated heterocycles. The topological polar surface area (TPSA) is 71.5 Å². The van der Waals surface area contributed by atoms with Crippen molar-refractivity contribution < 1.29 is 14.6 Å². The smallest absolute Gasteiger partial charge is 0.221 e. The van der Waals surface area contributed by atoms with Gasteiger partial charge < -0.3 is 15.2 Å². The molecule has 0 unspecified atom stereocenters. The lowest BCUT2D eigenvalue weighted by atomic mass is 10.1. The minimum atomic E-state index is -0.175. The first-order chi connectivity index (χ1) is 11.5. The molecule has 0 spiro atoms. The van der Waals surface area contributed by atoms with E-state index in [1.54, 1.807) is 13.0 Å². The first-order valence-electron chi connectivity index (χ1n) is 7.62. The number of aromatic nitrogens is 1. The van der Waals surface area contributed by atoms with Gasteiger partial charge in [0.1, 0.15) is 6.61 Å². The number of carbonyl (C=O) groups is 1. The van der Waals surface area contributed by atoms with Gasteiger partial charge in [-0.1, -0.05) is 24.3 Å². The maximum absolute atomic E-state index is 11.2. The van der Waals surface area contributed by atoms with Crippen LogP contribution < -0.4 is 10.1 Å². The largest absolute Gasteiger partial charge is 0.504 e. The second-order valence-electron chi connectivity index (χ2n) is 5.55. The fraction of sp³-hybridized carbons (Fsp3) is 0.158. The van der Waals surface area contributed by atoms with Crippen LogP contribution in [0.25, 0.3) is 10.9 Å². The first kappa shape index (κ1) is 15.8. The van der Waals surface area contributed by atoms with Crippen molar-refractivity contribution in [3.8, 4) is 11.5 Å². The van der Waals surface area contributed by atoms with E-state index in [-0.39, 0.29) is 18.3 Å². The lowest BCUT2D eigenvalue weighted by molar-refractivity contribution is -0.114. The average molecular weight is 322 g/mol. The summed E-state index contributed by atoms with van der Waals surface area (Å²) in [7, 11) is 0. The van der Waals surface area contributed by atoms with Gasteiger partial charge in [0, 0.05) is 23.6 Å². The molecule has 0 aliphatic heterocycles. The van der Waals surface area contributed by atoms with Crippen molar-refractivity contribution in [2.24, 2.45) is 0 Å². The number of hydrogen-bond donors (Lipinski definition) is 2. The molecule has 2 aromatic carbocycles. The summed E-state index contributed by atoms with van der Waals surface area (Å²) in [6.45, 7) is 3.45. The molecule has 3 rings (SSSR count). The summed E-state index contributed by atoms with van der Waals surface area (Å²) < 4.78 is 5.76. The number of nitrogens with one attached hydrogen (secondary N) is 1. The van der Waals surface area contributed by atoms with Crippen LogP contribution in [0.5, 0.6) is 11.5 Å². The van der Waals surface area contributed by atoms with Crippen LogP contribution in [-0.4, -0.2) is 16.0 Å². The molecule has 0 bridgehead atoms. The monoisotopic (exact) mass is 322 g/mol. The van der Waals surface area contributed by atoms with Gasteiger partial charge in [-0.3, -0.25) is 4.79 Å². The molecule has 2 N–H and O–H groups in total. The van der Waals surface area contributed by atoms with E-state index in [2.05, 4.69) is 10.3 Å². The second-order valence-corrected chi connectivity index (χ2v) is 5.55. The van der Waals surface area contributed by atoms with Gasteiger partial charge in [0.25, 0.3) is 0 Å². The zero-order valence-electron chi connectivity index (χ0n) is 13.5. The summed E-state index contributed by atoms with van der Waals surface area (Å²) in [6, 6.07) is 14.9. The Bertz CT molecular complexity index is 906. The number of phenolic OH excluding ortho intramolecular Hbond substituents is 1. The van der Waals surface area contributed by atoms with E-state index in [0.717, 1.165) is 16.6 Å². The van der Waals surface area contributed by atoms with Gasteiger partial charge in [-0.25, -0.2) is 4.98 Å². The molecule has 24 heavy (non-hydrogen) atoms. The van der Waals surface area contributed by atoms with Crippen LogP contribution in [0.15, 0.2) is 48.5 Å². The minimum Gasteiger partial charge on any atom is -0.504 e. The molecule has 0 saturated carbocycles. The van der Waals surface area contributed by atoms with Gasteiger partial charge in [-0.2, -0.15) is 0 Å². The quantitative estimate of drug-likeness (QED) is 0.717. The predicted octanol–water partition coefficient (Wildman–Crippen LogP) is 3.79. The van der Waals surface area contributed by atoms with Crippen LogP contribution in [0.1, 0.15) is 18.2 Å². The van der Waals surface area contributed by atoms with Crippen molar-refractivity contribution in [3.63, 3.8) is 0 Å². The van der Waals surface area contributed by atoms with Gasteiger partial charge in [0.05, 0.1) is 11.2 Å². The number of para-hydroxylation sites is 1. The highest BCUT2D eigenvalue weighted by Crippen LogP contribution is 2.35. The summed E-state index contributed by atoms with van der Waals surface area (Å²) in [5.41, 5.74) is 2.94. The van der Waals surface area contributed by atoms with Crippen LogP contribution in [-0.2, 0) is 11.4 Å². The number of anilines is 1. The standard InChI is InChI=1S/C19H18N2O3/c1-12-16(20-13(2)22)9-10-18(23)19(12)24-11-15-8-7-14-5-3-4-6-17(14)21-15/h3-10,23H,11H2,1-2H3,(H,20,22). The number of pyridine rings is 1. The predicted molar refractivity (Wildman–Crippen MR) is 93.2 cm³/mol. The fourth-order valence-corrected chi connectivity index (χ4v) is 2.52. The molecular weight excluding hydrogens is 304 g/mol. The van der Waals surface area contributed by atoms with Gasteiger partial charge in [-0.05, 0) is 31.2 Å². The maximum atomic E-state index is 11.2. The van der Waals surface area contributed by atoms with E-state index in [0.29, 0.717) is 17.0 Å². The highest BCUT2D eigenvalue weighted by atomic mass is 16.5. The van der Waals surface area contributed by atoms with Crippen LogP contribution in [0.4, 0.5) is 5.69 Å². The number of phenols is 1. The minimum absolute atomic E-state index is 0.0300. The zero-order valence-corrected chi connectivity index (χ0v) is 13.5. The van der Waals surface area contributed by atoms with Crippen molar-refractivity contribution in [1.29, 1.82) is 0 Å². The van der Waals surface area contributed by atoms with Crippen molar-refractivity contribution in [3.05, 3.63) is 59.8 Å². The Hall–Kier alpha value is -3.08. The molecule has 5 nitrogen and oxygen atoms in total. The SMILES string of the molecule is CC(=O)Nc1ccc(O)c(OCc2ccc3ccccc3n2)c1C. The third-order valence-electron chi connectivity index (χ3n) is 3.72. The molecular formula is C19H18N2O3. The van der Waals surface area contributed by atoms with E-state index >= 15 is 0 Å². The van der Waals surface area contributed by atoms with E-state index in [9.17, 15) is 9.90 Å². The van der Waals surface area contributed by atoms with Crippen molar-refractivity contribution in [2.45, 2.75) is 20.5 Å². The Kier molecular flexibility index (Phi) is 4.33. The highest BCUT2D eigenvalue weighted by Gasteiger charge is 2.12. The second kappa shape index (κ2) is 6.58. The van der Waals surface area contributed by atoms with Gasteiger partial charge >= 0.3 is 0 Å². The molecule has 0 fully saturated rings. The van der Waals surface area contributed by atoms with E-state index < -0.39 is 0 Å². The van der Waals surface area contributed by atoms with Crippen LogP contribution in [0.2, 0.25) is 0 Å². The number of ether oxygens (including phenoxy) is 1. The number of aromatic hydroxyl groups is 1. The number of carbonyl (C=O) groups excluding carboxylic acids is 1. The normalized spacial score (nSPS) is 10.6. The third-order valence-corrected chi connectivity index (χ3v) is 3.72. The molecule has 0 atom stereocenters. The Morgan fingerprint density at radius 3 is 2.75 bits per heavy atom. The number of nitrogens with zero attached hydrogens (tertiary/aromatic N) is 1. The Morgan fingerprint density at radius 1 is 1.17 bits per heavy atom. The summed E-state index contributed by atoms with van der Waals surface area (Å²) in [6.07, 6.45) is 0. The summed E-state index contributed by atoms with van der Waals surface area (Å²) >= 11 is 0. The Balaban J connectivity index is 1.83. The number of rotatable bonds is 4. The van der Waals surface area contributed by atoms with Gasteiger partial charge in [0.15, 0.2) is 11.5 Å². The number of amides is 1. The van der Waals surface area contributed by atoms with Gasteiger partial charge in [0.2, 0.25) is 5.91 Å². The lowest BCUT2D eigenvalue weighted by Gasteiger charge is -2.14. The van der Waals surface area contributed by atoms with Crippen LogP contribution in [0, 0.1) is 6.92 Å². The van der Waals surface area contributed by atoms with Crippen molar-refractivity contribution >= 4 is 22.5 Å². The lowest BCUT2D eigenvalue weighted by Crippen LogP contribution is -2.08. The maximum Gasteiger partial charge on any atom is 0.221 e. The number of hydrogen-bond acceptors (Lipinski definition) is 4. The van der Waals surface area contributed by atoms with Crippen LogP contribution in [0.3, 0.4) is 0 Å². The third kappa shape index (κ3) is 3.30. The number of fused-ring (bicyclic) bond motifs is 1. The molecule has 0 aliphatic rings. The first-order valence-corrected chi connectivity index (χ1v) is 7.62. The fourth-order valence-electron chi connectivity index (χ4n) is 2.52. The molecule has 122 valence electrons. The van der Waals surface area contributed by atoms with E-state index in [1.807, 2.05) is 36.4 Å². The zero-order chi connectivity index (χ0) is 17.1. The molecule has 0 aliphatic carbocycles. The molecule has 3 aromatic rings. The molecule has 1 heterocycles. The molecule has 1 amide bonds. The van der Waals surface area contributed by atoms with Crippen molar-refractivity contribution in [2.75, 3.05) is 5.32 Å². The van der Waals surface area contributed by atoms with Gasteiger partial charge in [-0.15, -0.1) is 0 Å². The van der Waals surface area contributed by atoms with Crippen molar-refractivity contribution in [1.82, 2.24) is 4.98 Å². The summed E-state index contributed by atoms with van der Waals surface area (Å²) in [5.74, 6) is 0.199. The Morgan fingerprint density at radius 2 is 1.96 bits per heavy atom. The molecule has 1 aromatic heterocycles.